The van der Waals surface area contributed by atoms with Crippen LogP contribution in [0.15, 0.2) is 36.4 Å². The summed E-state index contributed by atoms with van der Waals surface area (Å²) in [4.78, 5) is 25.0. The highest BCUT2D eigenvalue weighted by Crippen LogP contribution is 2.57. The Balaban J connectivity index is 1.59. The third-order valence-electron chi connectivity index (χ3n) is 7.09. The second-order valence-corrected chi connectivity index (χ2v) is 8.14. The van der Waals surface area contributed by atoms with Gasteiger partial charge in [0.2, 0.25) is 5.91 Å². The molecule has 0 radical (unpaired) electrons. The lowest BCUT2D eigenvalue weighted by molar-refractivity contribution is -0.122. The summed E-state index contributed by atoms with van der Waals surface area (Å²) in [6, 6.07) is 8.32. The molecular weight excluding hydrogens is 300 g/mol. The Bertz CT molecular complexity index is 786. The molecule has 2 fully saturated rings. The van der Waals surface area contributed by atoms with Crippen LogP contribution in [0.1, 0.15) is 31.7 Å². The first kappa shape index (κ1) is 14.4. The fourth-order valence-electron chi connectivity index (χ4n) is 5.79. The number of benzene rings is 1. The number of hydrogen-bond acceptors (Lipinski definition) is 3. The first-order chi connectivity index (χ1) is 11.5. The first-order valence-electron chi connectivity index (χ1n) is 8.91. The van der Waals surface area contributed by atoms with Gasteiger partial charge in [0.1, 0.15) is 0 Å². The number of carbonyl (C=O) groups excluding carboxylic acids is 2. The maximum atomic E-state index is 13.0. The lowest BCUT2D eigenvalue weighted by Crippen LogP contribution is -2.52. The van der Waals surface area contributed by atoms with Crippen LogP contribution in [0.3, 0.4) is 0 Å². The molecule has 0 aromatic heterocycles. The third kappa shape index (κ3) is 1.62. The van der Waals surface area contributed by atoms with Gasteiger partial charge in [-0.2, -0.15) is 0 Å². The summed E-state index contributed by atoms with van der Waals surface area (Å²) in [5.41, 5.74) is 1.70. The fraction of sp³-hybridized carbons (Fsp3) is 0.500. The van der Waals surface area contributed by atoms with Gasteiger partial charge in [-0.1, -0.05) is 31.2 Å². The Morgan fingerprint density at radius 3 is 2.88 bits per heavy atom. The predicted molar refractivity (Wildman–Crippen MR) is 91.6 cm³/mol. The van der Waals surface area contributed by atoms with E-state index in [0.717, 1.165) is 24.1 Å². The van der Waals surface area contributed by atoms with Gasteiger partial charge in [0.05, 0.1) is 5.41 Å². The van der Waals surface area contributed by atoms with Crippen molar-refractivity contribution in [3.8, 4) is 0 Å². The Morgan fingerprint density at radius 1 is 1.17 bits per heavy atom. The van der Waals surface area contributed by atoms with E-state index >= 15 is 0 Å². The van der Waals surface area contributed by atoms with Crippen molar-refractivity contribution in [2.45, 2.75) is 37.6 Å². The number of rotatable bonds is 0. The molecule has 1 spiro atoms. The van der Waals surface area contributed by atoms with Crippen LogP contribution in [0.4, 0.5) is 5.69 Å². The molecule has 1 saturated heterocycles. The summed E-state index contributed by atoms with van der Waals surface area (Å²) in [6.45, 7) is 2.95. The van der Waals surface area contributed by atoms with Gasteiger partial charge in [-0.05, 0) is 47.8 Å². The number of hydrogen-bond donors (Lipinski definition) is 2. The Kier molecular flexibility index (Phi) is 2.74. The van der Waals surface area contributed by atoms with Crippen molar-refractivity contribution in [2.24, 2.45) is 17.3 Å². The molecule has 1 aromatic carbocycles. The van der Waals surface area contributed by atoms with Crippen LogP contribution in [-0.2, 0) is 15.0 Å². The molecule has 2 N–H and O–H groups in total. The monoisotopic (exact) mass is 322 g/mol. The number of carbonyl (C=O) groups is 2. The highest BCUT2D eigenvalue weighted by atomic mass is 16.2. The van der Waals surface area contributed by atoms with Crippen molar-refractivity contribution in [2.75, 3.05) is 11.9 Å². The highest BCUT2D eigenvalue weighted by Gasteiger charge is 2.63. The zero-order valence-electron chi connectivity index (χ0n) is 13.8. The van der Waals surface area contributed by atoms with Crippen LogP contribution >= 0.6 is 0 Å². The molecule has 1 saturated carbocycles. The molecule has 1 unspecified atom stereocenters. The van der Waals surface area contributed by atoms with Crippen molar-refractivity contribution in [3.05, 3.63) is 42.0 Å². The maximum Gasteiger partial charge on any atom is 0.236 e. The lowest BCUT2D eigenvalue weighted by atomic mass is 9.54. The standard InChI is InChI=1S/C20H22N2O2/c1-19-8-6-12(23)10-15(19)17-14(7-9-19)20(11-21-17)13-4-2-3-5-16(13)22-18(20)24/h2-6,8,14-15,17,21H,7,9-11H2,1H3,(H,22,24)/t14-,15+,17?,19-,20+/m1/s1. The van der Waals surface area contributed by atoms with E-state index in [0.29, 0.717) is 13.0 Å². The third-order valence-corrected chi connectivity index (χ3v) is 7.09. The molecule has 124 valence electrons. The van der Waals surface area contributed by atoms with Crippen molar-refractivity contribution in [3.63, 3.8) is 0 Å². The molecule has 4 nitrogen and oxygen atoms in total. The highest BCUT2D eigenvalue weighted by molar-refractivity contribution is 6.07. The van der Waals surface area contributed by atoms with Crippen LogP contribution in [0.5, 0.6) is 0 Å². The normalized spacial score (nSPS) is 42.6. The molecule has 2 aliphatic heterocycles. The molecule has 1 aromatic rings. The molecule has 5 rings (SSSR count). The fourth-order valence-corrected chi connectivity index (χ4v) is 5.79. The minimum Gasteiger partial charge on any atom is -0.325 e. The van der Waals surface area contributed by atoms with Gasteiger partial charge < -0.3 is 10.6 Å². The van der Waals surface area contributed by atoms with E-state index in [2.05, 4.69) is 29.7 Å². The van der Waals surface area contributed by atoms with E-state index in [1.54, 1.807) is 6.08 Å². The van der Waals surface area contributed by atoms with Crippen LogP contribution < -0.4 is 10.6 Å². The van der Waals surface area contributed by atoms with E-state index in [4.69, 9.17) is 0 Å². The second-order valence-electron chi connectivity index (χ2n) is 8.14. The molecule has 0 bridgehead atoms. The smallest absolute Gasteiger partial charge is 0.236 e. The van der Waals surface area contributed by atoms with Crippen LogP contribution in [0.2, 0.25) is 0 Å². The van der Waals surface area contributed by atoms with Crippen molar-refractivity contribution in [1.29, 1.82) is 0 Å². The zero-order chi connectivity index (χ0) is 16.5. The quantitative estimate of drug-likeness (QED) is 0.771. The minimum absolute atomic E-state index is 0.0716. The largest absolute Gasteiger partial charge is 0.325 e. The Morgan fingerprint density at radius 2 is 2.00 bits per heavy atom. The molecule has 4 heteroatoms. The van der Waals surface area contributed by atoms with Crippen molar-refractivity contribution in [1.82, 2.24) is 5.32 Å². The van der Waals surface area contributed by atoms with E-state index in [-0.39, 0.29) is 35.0 Å². The minimum atomic E-state index is -0.465. The number of amides is 1. The predicted octanol–water partition coefficient (Wildman–Crippen LogP) is 2.41. The molecule has 2 heterocycles. The summed E-state index contributed by atoms with van der Waals surface area (Å²) >= 11 is 0. The van der Waals surface area contributed by atoms with Gasteiger partial charge >= 0.3 is 0 Å². The molecule has 4 aliphatic rings. The van der Waals surface area contributed by atoms with Gasteiger partial charge in [-0.25, -0.2) is 0 Å². The first-order valence-corrected chi connectivity index (χ1v) is 8.91. The van der Waals surface area contributed by atoms with E-state index < -0.39 is 5.41 Å². The SMILES string of the molecule is C[C@]12C=CC(=O)C[C@H]1C1NC[C@@]3(C(=O)Nc4ccccc43)[C@@H]1CC2. The molecule has 5 atom stereocenters. The van der Waals surface area contributed by atoms with E-state index in [1.807, 2.05) is 18.2 Å². The van der Waals surface area contributed by atoms with Crippen molar-refractivity contribution < 1.29 is 9.59 Å². The van der Waals surface area contributed by atoms with Gasteiger partial charge in [-0.3, -0.25) is 9.59 Å². The summed E-state index contributed by atoms with van der Waals surface area (Å²) in [6.07, 6.45) is 6.54. The summed E-state index contributed by atoms with van der Waals surface area (Å²) in [5.74, 6) is 0.898. The molecular formula is C20H22N2O2. The maximum absolute atomic E-state index is 13.0. The molecule has 24 heavy (non-hydrogen) atoms. The Labute approximate surface area is 141 Å². The average Bonchev–Trinajstić information content (AvgIpc) is 3.09. The number of ketones is 1. The van der Waals surface area contributed by atoms with Crippen LogP contribution in [0.25, 0.3) is 0 Å². The second kappa shape index (κ2) is 4.57. The number of nitrogens with one attached hydrogen (secondary N) is 2. The topological polar surface area (TPSA) is 58.2 Å². The van der Waals surface area contributed by atoms with Crippen molar-refractivity contribution >= 4 is 17.4 Å². The van der Waals surface area contributed by atoms with Gasteiger partial charge in [-0.15, -0.1) is 0 Å². The van der Waals surface area contributed by atoms with Gasteiger partial charge in [0.15, 0.2) is 5.78 Å². The zero-order valence-corrected chi connectivity index (χ0v) is 13.8. The van der Waals surface area contributed by atoms with E-state index in [1.165, 1.54) is 0 Å². The number of fused-ring (bicyclic) bond motifs is 6. The van der Waals surface area contributed by atoms with E-state index in [9.17, 15) is 9.59 Å². The number of allylic oxidation sites excluding steroid dienone is 2. The summed E-state index contributed by atoms with van der Waals surface area (Å²) < 4.78 is 0. The number of para-hydroxylation sites is 1. The number of anilines is 1. The summed E-state index contributed by atoms with van der Waals surface area (Å²) in [5, 5.41) is 6.75. The van der Waals surface area contributed by atoms with Gasteiger partial charge in [0, 0.05) is 24.7 Å². The lowest BCUT2D eigenvalue weighted by Gasteiger charge is -2.49. The van der Waals surface area contributed by atoms with Gasteiger partial charge in [0.25, 0.3) is 0 Å². The molecule has 1 amide bonds. The van der Waals surface area contributed by atoms with Crippen LogP contribution in [0, 0.1) is 17.3 Å². The summed E-state index contributed by atoms with van der Waals surface area (Å²) in [7, 11) is 0. The Hall–Kier alpha value is -1.94. The molecule has 2 aliphatic carbocycles. The van der Waals surface area contributed by atoms with Crippen LogP contribution in [-0.4, -0.2) is 24.3 Å². The average molecular weight is 322 g/mol.